The van der Waals surface area contributed by atoms with Gasteiger partial charge >= 0.3 is 0 Å². The average molecular weight is 428 g/mol. The Balaban J connectivity index is 2.06. The van der Waals surface area contributed by atoms with Gasteiger partial charge in [0, 0.05) is 30.2 Å². The minimum absolute atomic E-state index is 0.0592. The molecule has 0 radical (unpaired) electrons. The minimum atomic E-state index is -0.483. The van der Waals surface area contributed by atoms with Gasteiger partial charge in [-0.3, -0.25) is 9.59 Å². The fraction of sp³-hybridized carbons (Fsp3) is 0.333. The molecule has 10 heteroatoms. The van der Waals surface area contributed by atoms with Crippen molar-refractivity contribution >= 4 is 35.2 Å². The predicted molar refractivity (Wildman–Crippen MR) is 120 cm³/mol. The number of carbonyl (C=O) groups excluding carboxylic acids is 2. The highest BCUT2D eigenvalue weighted by atomic mass is 16.5. The summed E-state index contributed by atoms with van der Waals surface area (Å²) in [6.45, 7) is 3.69. The Morgan fingerprint density at radius 3 is 2.48 bits per heavy atom. The molecule has 0 aliphatic rings. The van der Waals surface area contributed by atoms with Crippen LogP contribution in [0.1, 0.15) is 27.9 Å². The molecule has 0 spiro atoms. The van der Waals surface area contributed by atoms with E-state index in [1.54, 1.807) is 12.3 Å². The molecule has 0 fully saturated rings. The normalized spacial score (nSPS) is 10.5. The van der Waals surface area contributed by atoms with Crippen molar-refractivity contribution in [2.75, 3.05) is 49.3 Å². The van der Waals surface area contributed by atoms with E-state index in [1.165, 1.54) is 12.1 Å². The molecule has 0 atom stereocenters. The van der Waals surface area contributed by atoms with Gasteiger partial charge in [0.2, 0.25) is 5.91 Å². The van der Waals surface area contributed by atoms with Crippen molar-refractivity contribution in [2.24, 2.45) is 5.73 Å². The maximum atomic E-state index is 12.8. The first-order valence-corrected chi connectivity index (χ1v) is 9.78. The lowest BCUT2D eigenvalue weighted by Crippen LogP contribution is -2.21. The van der Waals surface area contributed by atoms with Crippen LogP contribution in [0.4, 0.5) is 17.2 Å². The molecule has 0 saturated heterocycles. The van der Waals surface area contributed by atoms with E-state index in [-0.39, 0.29) is 41.4 Å². The maximum absolute atomic E-state index is 12.8. The van der Waals surface area contributed by atoms with Gasteiger partial charge in [-0.1, -0.05) is 6.07 Å². The molecule has 7 N–H and O–H groups in total. The Hall–Kier alpha value is -3.34. The lowest BCUT2D eigenvalue weighted by molar-refractivity contribution is -0.117. The number of nitrogens with two attached hydrogens (primary N) is 2. The van der Waals surface area contributed by atoms with Gasteiger partial charge in [-0.05, 0) is 30.7 Å². The first kappa shape index (κ1) is 23.9. The van der Waals surface area contributed by atoms with E-state index in [4.69, 9.17) is 26.4 Å². The standard InChI is InChI=1S/C21H28N6O4/c1-14-2-5-18(25-13-14)26-21(29)15-3-4-17(24)16(12-23)20(15)27-19(28)6-8-30-10-11-31-9-7-22/h2-5,12-13,23H,6-11,22,24H2,1H3,(H,27,28)(H,25,26,29). The van der Waals surface area contributed by atoms with E-state index in [9.17, 15) is 9.59 Å². The van der Waals surface area contributed by atoms with Crippen LogP contribution >= 0.6 is 0 Å². The van der Waals surface area contributed by atoms with E-state index in [1.807, 2.05) is 13.0 Å². The molecule has 2 amide bonds. The fourth-order valence-corrected chi connectivity index (χ4v) is 2.61. The third-order valence-corrected chi connectivity index (χ3v) is 4.19. The number of amides is 2. The second-order valence-corrected chi connectivity index (χ2v) is 6.62. The second-order valence-electron chi connectivity index (χ2n) is 6.62. The lowest BCUT2D eigenvalue weighted by atomic mass is 10.0. The number of ether oxygens (including phenoxy) is 2. The molecule has 166 valence electrons. The molecule has 0 aliphatic carbocycles. The van der Waals surface area contributed by atoms with Crippen molar-refractivity contribution in [3.63, 3.8) is 0 Å². The van der Waals surface area contributed by atoms with Crippen LogP contribution in [0.25, 0.3) is 0 Å². The Kier molecular flexibility index (Phi) is 9.56. The van der Waals surface area contributed by atoms with Crippen LogP contribution in [0.5, 0.6) is 0 Å². The van der Waals surface area contributed by atoms with Crippen LogP contribution in [0.15, 0.2) is 30.5 Å². The van der Waals surface area contributed by atoms with Gasteiger partial charge in [0.05, 0.1) is 44.1 Å². The van der Waals surface area contributed by atoms with Crippen molar-refractivity contribution in [3.05, 3.63) is 47.2 Å². The highest BCUT2D eigenvalue weighted by Gasteiger charge is 2.19. The van der Waals surface area contributed by atoms with Gasteiger partial charge in [0.25, 0.3) is 5.91 Å². The zero-order valence-electron chi connectivity index (χ0n) is 17.4. The monoisotopic (exact) mass is 428 g/mol. The number of carbonyl (C=O) groups is 2. The van der Waals surface area contributed by atoms with E-state index >= 15 is 0 Å². The van der Waals surface area contributed by atoms with Gasteiger partial charge in [-0.25, -0.2) is 4.98 Å². The minimum Gasteiger partial charge on any atom is -0.398 e. The van der Waals surface area contributed by atoms with Crippen LogP contribution in [0.3, 0.4) is 0 Å². The number of nitrogens with zero attached hydrogens (tertiary/aromatic N) is 1. The molecule has 0 unspecified atom stereocenters. The summed E-state index contributed by atoms with van der Waals surface area (Å²) in [5.74, 6) is -0.492. The van der Waals surface area contributed by atoms with E-state index < -0.39 is 5.91 Å². The summed E-state index contributed by atoms with van der Waals surface area (Å²) in [5, 5.41) is 13.0. The third-order valence-electron chi connectivity index (χ3n) is 4.19. The average Bonchev–Trinajstić information content (AvgIpc) is 2.75. The number of hydrogen-bond donors (Lipinski definition) is 5. The van der Waals surface area contributed by atoms with Crippen LogP contribution < -0.4 is 22.1 Å². The molecular weight excluding hydrogens is 400 g/mol. The topological polar surface area (TPSA) is 165 Å². The largest absolute Gasteiger partial charge is 0.398 e. The number of rotatable bonds is 12. The molecule has 0 aliphatic heterocycles. The number of nitrogen functional groups attached to an aromatic ring is 1. The Morgan fingerprint density at radius 1 is 1.10 bits per heavy atom. The van der Waals surface area contributed by atoms with E-state index in [2.05, 4.69) is 15.6 Å². The number of pyridine rings is 1. The summed E-state index contributed by atoms with van der Waals surface area (Å²) in [5.41, 5.74) is 13.1. The maximum Gasteiger partial charge on any atom is 0.258 e. The Bertz CT molecular complexity index is 901. The summed E-state index contributed by atoms with van der Waals surface area (Å²) in [6, 6.07) is 6.50. The number of hydrogen-bond acceptors (Lipinski definition) is 8. The molecule has 1 heterocycles. The van der Waals surface area contributed by atoms with Crippen molar-refractivity contribution in [1.82, 2.24) is 4.98 Å². The van der Waals surface area contributed by atoms with E-state index in [0.29, 0.717) is 32.2 Å². The Labute approximate surface area is 180 Å². The Morgan fingerprint density at radius 2 is 1.84 bits per heavy atom. The van der Waals surface area contributed by atoms with Crippen molar-refractivity contribution in [2.45, 2.75) is 13.3 Å². The lowest BCUT2D eigenvalue weighted by Gasteiger charge is -2.15. The molecule has 0 saturated carbocycles. The number of aryl methyl sites for hydroxylation is 1. The number of nitrogens with one attached hydrogen (secondary N) is 3. The molecule has 10 nitrogen and oxygen atoms in total. The molecule has 0 bridgehead atoms. The summed E-state index contributed by atoms with van der Waals surface area (Å²) in [6.07, 6.45) is 2.69. The molecule has 1 aromatic heterocycles. The van der Waals surface area contributed by atoms with E-state index in [0.717, 1.165) is 11.8 Å². The van der Waals surface area contributed by atoms with Crippen LogP contribution in [0, 0.1) is 12.3 Å². The zero-order valence-corrected chi connectivity index (χ0v) is 17.4. The van der Waals surface area contributed by atoms with Gasteiger partial charge in [-0.15, -0.1) is 0 Å². The van der Waals surface area contributed by atoms with Gasteiger partial charge in [-0.2, -0.15) is 0 Å². The fourth-order valence-electron chi connectivity index (χ4n) is 2.61. The number of aromatic nitrogens is 1. The van der Waals surface area contributed by atoms with Crippen LogP contribution in [-0.2, 0) is 14.3 Å². The molecule has 1 aromatic carbocycles. The van der Waals surface area contributed by atoms with Crippen LogP contribution in [-0.4, -0.2) is 56.0 Å². The second kappa shape index (κ2) is 12.4. The molecule has 2 rings (SSSR count). The van der Waals surface area contributed by atoms with Gasteiger partial charge in [0.1, 0.15) is 5.82 Å². The third kappa shape index (κ3) is 7.45. The highest BCUT2D eigenvalue weighted by molar-refractivity contribution is 6.14. The first-order chi connectivity index (χ1) is 15.0. The predicted octanol–water partition coefficient (Wildman–Crippen LogP) is 1.54. The highest BCUT2D eigenvalue weighted by Crippen LogP contribution is 2.26. The molecule has 31 heavy (non-hydrogen) atoms. The quantitative estimate of drug-likeness (QED) is 0.194. The molecule has 2 aromatic rings. The number of anilines is 3. The van der Waals surface area contributed by atoms with Gasteiger partial charge in [0.15, 0.2) is 0 Å². The summed E-state index contributed by atoms with van der Waals surface area (Å²) < 4.78 is 10.5. The summed E-state index contributed by atoms with van der Waals surface area (Å²) >= 11 is 0. The summed E-state index contributed by atoms with van der Waals surface area (Å²) in [7, 11) is 0. The first-order valence-electron chi connectivity index (χ1n) is 9.78. The SMILES string of the molecule is Cc1ccc(NC(=O)c2ccc(N)c(C=N)c2NC(=O)CCOCCOCCN)nc1. The van der Waals surface area contributed by atoms with Crippen molar-refractivity contribution in [3.8, 4) is 0 Å². The smallest absolute Gasteiger partial charge is 0.258 e. The van der Waals surface area contributed by atoms with Crippen molar-refractivity contribution in [1.29, 1.82) is 5.41 Å². The van der Waals surface area contributed by atoms with Gasteiger partial charge < -0.3 is 37.0 Å². The number of benzene rings is 1. The van der Waals surface area contributed by atoms with Crippen molar-refractivity contribution < 1.29 is 19.1 Å². The molecular formula is C21H28N6O4. The van der Waals surface area contributed by atoms with Crippen LogP contribution in [0.2, 0.25) is 0 Å². The zero-order chi connectivity index (χ0) is 22.6. The summed E-state index contributed by atoms with van der Waals surface area (Å²) in [4.78, 5) is 29.3.